The molecule has 1 aliphatic carbocycles. The second kappa shape index (κ2) is 5.61. The minimum atomic E-state index is -0.470. The first-order chi connectivity index (χ1) is 9.73. The standard InChI is InChI=1S/C14H22N4O2/c1-19-14(6-8-20-9-7-14)12-16-11(17-13(15)18-12)10-4-2-3-5-10/h10H,2-9H2,1H3,(H2,15,16,17,18). The van der Waals surface area contributed by atoms with Gasteiger partial charge in [0.15, 0.2) is 5.82 Å². The number of hydrogen-bond acceptors (Lipinski definition) is 6. The van der Waals surface area contributed by atoms with Crippen molar-refractivity contribution in [2.75, 3.05) is 26.1 Å². The topological polar surface area (TPSA) is 83.2 Å². The maximum atomic E-state index is 5.90. The highest BCUT2D eigenvalue weighted by molar-refractivity contribution is 5.21. The number of nitrogens with two attached hydrogens (primary N) is 1. The smallest absolute Gasteiger partial charge is 0.223 e. The fraction of sp³-hybridized carbons (Fsp3) is 0.786. The molecule has 1 saturated heterocycles. The summed E-state index contributed by atoms with van der Waals surface area (Å²) in [6.45, 7) is 1.33. The van der Waals surface area contributed by atoms with Crippen LogP contribution in [0.1, 0.15) is 56.1 Å². The van der Waals surface area contributed by atoms with Crippen molar-refractivity contribution in [3.8, 4) is 0 Å². The van der Waals surface area contributed by atoms with Gasteiger partial charge >= 0.3 is 0 Å². The Morgan fingerprint density at radius 3 is 2.50 bits per heavy atom. The molecule has 110 valence electrons. The highest BCUT2D eigenvalue weighted by Gasteiger charge is 2.38. The Morgan fingerprint density at radius 1 is 1.15 bits per heavy atom. The van der Waals surface area contributed by atoms with E-state index >= 15 is 0 Å². The Balaban J connectivity index is 1.95. The predicted octanol–water partition coefficient (Wildman–Crippen LogP) is 1.76. The number of nitrogens with zero attached hydrogens (tertiary/aromatic N) is 3. The average molecular weight is 278 g/mol. The van der Waals surface area contributed by atoms with Crippen LogP contribution in [0.25, 0.3) is 0 Å². The van der Waals surface area contributed by atoms with Gasteiger partial charge in [0.1, 0.15) is 11.4 Å². The molecule has 0 unspecified atom stereocenters. The molecule has 2 aliphatic rings. The van der Waals surface area contributed by atoms with E-state index in [9.17, 15) is 0 Å². The number of methoxy groups -OCH3 is 1. The highest BCUT2D eigenvalue weighted by atomic mass is 16.5. The third kappa shape index (κ3) is 2.50. The lowest BCUT2D eigenvalue weighted by molar-refractivity contribution is -0.100. The monoisotopic (exact) mass is 278 g/mol. The summed E-state index contributed by atoms with van der Waals surface area (Å²) < 4.78 is 11.2. The number of aromatic nitrogens is 3. The van der Waals surface area contributed by atoms with Gasteiger partial charge in [0, 0.05) is 39.1 Å². The van der Waals surface area contributed by atoms with Crippen LogP contribution in [-0.4, -0.2) is 35.3 Å². The lowest BCUT2D eigenvalue weighted by Gasteiger charge is -2.34. The molecule has 1 aromatic heterocycles. The molecule has 0 aromatic carbocycles. The van der Waals surface area contributed by atoms with Crippen LogP contribution in [0.4, 0.5) is 5.95 Å². The van der Waals surface area contributed by atoms with E-state index in [0.29, 0.717) is 30.9 Å². The largest absolute Gasteiger partial charge is 0.381 e. The number of ether oxygens (including phenoxy) is 2. The van der Waals surface area contributed by atoms with E-state index in [1.165, 1.54) is 12.8 Å². The summed E-state index contributed by atoms with van der Waals surface area (Å²) in [5, 5.41) is 0. The van der Waals surface area contributed by atoms with E-state index in [4.69, 9.17) is 20.2 Å². The van der Waals surface area contributed by atoms with Crippen LogP contribution in [0, 0.1) is 0 Å². The molecule has 2 N–H and O–H groups in total. The van der Waals surface area contributed by atoms with Crippen molar-refractivity contribution >= 4 is 5.95 Å². The lowest BCUT2D eigenvalue weighted by Crippen LogP contribution is -2.38. The average Bonchev–Trinajstić information content (AvgIpc) is 3.01. The van der Waals surface area contributed by atoms with Gasteiger partial charge in [0.25, 0.3) is 0 Å². The normalized spacial score (nSPS) is 23.1. The van der Waals surface area contributed by atoms with Crippen LogP contribution in [0.15, 0.2) is 0 Å². The number of anilines is 1. The van der Waals surface area contributed by atoms with Gasteiger partial charge in [-0.15, -0.1) is 0 Å². The zero-order valence-corrected chi connectivity index (χ0v) is 12.0. The first-order valence-electron chi connectivity index (χ1n) is 7.38. The Bertz CT molecular complexity index is 468. The van der Waals surface area contributed by atoms with Crippen LogP contribution in [0.2, 0.25) is 0 Å². The molecule has 0 amide bonds. The molecule has 6 heteroatoms. The van der Waals surface area contributed by atoms with Crippen molar-refractivity contribution in [1.82, 2.24) is 15.0 Å². The summed E-state index contributed by atoms with van der Waals surface area (Å²) in [5.41, 5.74) is 5.43. The molecule has 0 atom stereocenters. The van der Waals surface area contributed by atoms with Crippen LogP contribution < -0.4 is 5.73 Å². The Labute approximate surface area is 119 Å². The van der Waals surface area contributed by atoms with Gasteiger partial charge in [0.05, 0.1) is 0 Å². The summed E-state index contributed by atoms with van der Waals surface area (Å²) >= 11 is 0. The number of rotatable bonds is 3. The third-order valence-electron chi connectivity index (χ3n) is 4.49. The van der Waals surface area contributed by atoms with Crippen molar-refractivity contribution in [2.45, 2.75) is 50.0 Å². The van der Waals surface area contributed by atoms with Crippen molar-refractivity contribution in [2.24, 2.45) is 0 Å². The zero-order chi connectivity index (χ0) is 14.0. The Kier molecular flexibility index (Phi) is 3.85. The second-order valence-corrected chi connectivity index (χ2v) is 5.67. The predicted molar refractivity (Wildman–Crippen MR) is 74.2 cm³/mol. The molecule has 0 radical (unpaired) electrons. The van der Waals surface area contributed by atoms with Gasteiger partial charge in [-0.25, -0.2) is 4.98 Å². The summed E-state index contributed by atoms with van der Waals surface area (Å²) in [7, 11) is 1.71. The van der Waals surface area contributed by atoms with Gasteiger partial charge in [0.2, 0.25) is 5.95 Å². The van der Waals surface area contributed by atoms with Crippen molar-refractivity contribution in [1.29, 1.82) is 0 Å². The van der Waals surface area contributed by atoms with Crippen LogP contribution in [0.3, 0.4) is 0 Å². The summed E-state index contributed by atoms with van der Waals surface area (Å²) in [6, 6.07) is 0. The molecule has 1 aliphatic heterocycles. The second-order valence-electron chi connectivity index (χ2n) is 5.67. The van der Waals surface area contributed by atoms with E-state index in [-0.39, 0.29) is 0 Å². The minimum Gasteiger partial charge on any atom is -0.381 e. The molecule has 0 bridgehead atoms. The SMILES string of the molecule is COC1(c2nc(N)nc(C3CCCC3)n2)CCOCC1. The van der Waals surface area contributed by atoms with Gasteiger partial charge in [-0.3, -0.25) is 0 Å². The van der Waals surface area contributed by atoms with E-state index in [1.807, 2.05) is 0 Å². The first-order valence-corrected chi connectivity index (χ1v) is 7.38. The fourth-order valence-corrected chi connectivity index (χ4v) is 3.20. The van der Waals surface area contributed by atoms with E-state index in [1.54, 1.807) is 7.11 Å². The molecule has 2 heterocycles. The Morgan fingerprint density at radius 2 is 1.85 bits per heavy atom. The first kappa shape index (κ1) is 13.7. The summed E-state index contributed by atoms with van der Waals surface area (Å²) in [6.07, 6.45) is 6.30. The molecule has 3 rings (SSSR count). The van der Waals surface area contributed by atoms with E-state index in [2.05, 4.69) is 9.97 Å². The van der Waals surface area contributed by atoms with Gasteiger partial charge < -0.3 is 15.2 Å². The number of nitrogen functional groups attached to an aromatic ring is 1. The summed E-state index contributed by atoms with van der Waals surface area (Å²) in [5.74, 6) is 2.25. The van der Waals surface area contributed by atoms with Crippen molar-refractivity contribution in [3.63, 3.8) is 0 Å². The lowest BCUT2D eigenvalue weighted by atomic mass is 9.93. The van der Waals surface area contributed by atoms with E-state index < -0.39 is 5.60 Å². The van der Waals surface area contributed by atoms with Crippen LogP contribution in [0.5, 0.6) is 0 Å². The molecular formula is C14H22N4O2. The Hall–Kier alpha value is -1.27. The van der Waals surface area contributed by atoms with Gasteiger partial charge in [-0.2, -0.15) is 9.97 Å². The molecule has 1 saturated carbocycles. The van der Waals surface area contributed by atoms with Crippen LogP contribution in [-0.2, 0) is 15.1 Å². The molecule has 20 heavy (non-hydrogen) atoms. The maximum absolute atomic E-state index is 5.90. The number of hydrogen-bond donors (Lipinski definition) is 1. The minimum absolute atomic E-state index is 0.305. The molecular weight excluding hydrogens is 256 g/mol. The molecule has 1 aromatic rings. The van der Waals surface area contributed by atoms with Crippen molar-refractivity contribution in [3.05, 3.63) is 11.6 Å². The third-order valence-corrected chi connectivity index (χ3v) is 4.49. The molecule has 0 spiro atoms. The van der Waals surface area contributed by atoms with Crippen LogP contribution >= 0.6 is 0 Å². The maximum Gasteiger partial charge on any atom is 0.223 e. The zero-order valence-electron chi connectivity index (χ0n) is 12.0. The molecule has 6 nitrogen and oxygen atoms in total. The quantitative estimate of drug-likeness (QED) is 0.907. The van der Waals surface area contributed by atoms with E-state index in [0.717, 1.165) is 31.5 Å². The van der Waals surface area contributed by atoms with Gasteiger partial charge in [-0.05, 0) is 12.8 Å². The highest BCUT2D eigenvalue weighted by Crippen LogP contribution is 2.36. The van der Waals surface area contributed by atoms with Crippen molar-refractivity contribution < 1.29 is 9.47 Å². The summed E-state index contributed by atoms with van der Waals surface area (Å²) in [4.78, 5) is 13.4. The van der Waals surface area contributed by atoms with Gasteiger partial charge in [-0.1, -0.05) is 12.8 Å². The molecule has 2 fully saturated rings. The fourth-order valence-electron chi connectivity index (χ4n) is 3.20.